The molecule has 0 saturated carbocycles. The molecule has 0 bridgehead atoms. The molecular formula is C21H26N6O. The number of fused-ring (bicyclic) bond motifs is 2. The molecule has 7 heteroatoms. The maximum absolute atomic E-state index is 13.1. The van der Waals surface area contributed by atoms with E-state index in [9.17, 15) is 4.79 Å². The number of aromatic nitrogens is 5. The Morgan fingerprint density at radius 2 is 1.93 bits per heavy atom. The van der Waals surface area contributed by atoms with Crippen LogP contribution in [-0.2, 0) is 13.0 Å². The number of likely N-dealkylation sites (tertiary alicyclic amines) is 1. The van der Waals surface area contributed by atoms with Crippen molar-refractivity contribution in [2.75, 3.05) is 13.1 Å². The number of hydrogen-bond donors (Lipinski definition) is 0. The lowest BCUT2D eigenvalue weighted by Crippen LogP contribution is -2.39. The Kier molecular flexibility index (Phi) is 4.37. The van der Waals surface area contributed by atoms with Crippen molar-refractivity contribution >= 4 is 11.6 Å². The minimum absolute atomic E-state index is 0.0414. The summed E-state index contributed by atoms with van der Waals surface area (Å²) >= 11 is 0. The SMILES string of the molecule is Cc1c(C(=O)N2CCC(c3nnc4n3CCCCC4)CC2)nc2ccccn12. The summed E-state index contributed by atoms with van der Waals surface area (Å²) in [6.07, 6.45) is 8.57. The maximum atomic E-state index is 13.1. The largest absolute Gasteiger partial charge is 0.337 e. The molecule has 0 N–H and O–H groups in total. The Labute approximate surface area is 164 Å². The fourth-order valence-electron chi connectivity index (χ4n) is 4.62. The van der Waals surface area contributed by atoms with Crippen LogP contribution < -0.4 is 0 Å². The van der Waals surface area contributed by atoms with Crippen LogP contribution in [0.4, 0.5) is 0 Å². The minimum atomic E-state index is 0.0414. The zero-order valence-electron chi connectivity index (χ0n) is 16.3. The number of rotatable bonds is 2. The summed E-state index contributed by atoms with van der Waals surface area (Å²) in [4.78, 5) is 19.6. The third-order valence-electron chi connectivity index (χ3n) is 6.26. The topological polar surface area (TPSA) is 68.3 Å². The third-order valence-corrected chi connectivity index (χ3v) is 6.26. The molecular weight excluding hydrogens is 352 g/mol. The van der Waals surface area contributed by atoms with Gasteiger partial charge < -0.3 is 13.9 Å². The molecule has 1 saturated heterocycles. The molecule has 2 aliphatic rings. The number of pyridine rings is 1. The third kappa shape index (κ3) is 2.89. The molecule has 1 fully saturated rings. The lowest BCUT2D eigenvalue weighted by Gasteiger charge is -2.31. The minimum Gasteiger partial charge on any atom is -0.337 e. The lowest BCUT2D eigenvalue weighted by atomic mass is 9.95. The smallest absolute Gasteiger partial charge is 0.274 e. The van der Waals surface area contributed by atoms with Crippen LogP contribution >= 0.6 is 0 Å². The Balaban J connectivity index is 1.31. The van der Waals surface area contributed by atoms with Gasteiger partial charge in [-0.1, -0.05) is 12.5 Å². The quantitative estimate of drug-likeness (QED) is 0.687. The van der Waals surface area contributed by atoms with Crippen LogP contribution in [0.1, 0.15) is 65.9 Å². The monoisotopic (exact) mass is 378 g/mol. The zero-order valence-corrected chi connectivity index (χ0v) is 16.3. The van der Waals surface area contributed by atoms with Crippen molar-refractivity contribution in [3.8, 4) is 0 Å². The molecule has 2 aliphatic heterocycles. The second-order valence-corrected chi connectivity index (χ2v) is 7.98. The number of piperidine rings is 1. The van der Waals surface area contributed by atoms with Gasteiger partial charge in [0.2, 0.25) is 0 Å². The van der Waals surface area contributed by atoms with Gasteiger partial charge in [-0.2, -0.15) is 0 Å². The number of nitrogens with zero attached hydrogens (tertiary/aromatic N) is 6. The molecule has 3 aromatic rings. The van der Waals surface area contributed by atoms with Crippen LogP contribution in [0.15, 0.2) is 24.4 Å². The van der Waals surface area contributed by atoms with Crippen LogP contribution in [0.3, 0.4) is 0 Å². The summed E-state index contributed by atoms with van der Waals surface area (Å²) in [6.45, 7) is 4.50. The fourth-order valence-corrected chi connectivity index (χ4v) is 4.62. The first-order valence-corrected chi connectivity index (χ1v) is 10.4. The Hall–Kier alpha value is -2.70. The molecule has 146 valence electrons. The van der Waals surface area contributed by atoms with Crippen molar-refractivity contribution < 1.29 is 4.79 Å². The van der Waals surface area contributed by atoms with E-state index in [1.165, 1.54) is 19.3 Å². The maximum Gasteiger partial charge on any atom is 0.274 e. The Morgan fingerprint density at radius 3 is 2.75 bits per heavy atom. The first kappa shape index (κ1) is 17.4. The number of carbonyl (C=O) groups excluding carboxylic acids is 1. The lowest BCUT2D eigenvalue weighted by molar-refractivity contribution is 0.0704. The molecule has 0 atom stereocenters. The van der Waals surface area contributed by atoms with Crippen LogP contribution in [0.2, 0.25) is 0 Å². The predicted octanol–water partition coefficient (Wildman–Crippen LogP) is 2.98. The van der Waals surface area contributed by atoms with Crippen LogP contribution in [0.5, 0.6) is 0 Å². The Morgan fingerprint density at radius 1 is 1.07 bits per heavy atom. The van der Waals surface area contributed by atoms with Crippen LogP contribution in [0, 0.1) is 6.92 Å². The van der Waals surface area contributed by atoms with Crippen molar-refractivity contribution in [1.82, 2.24) is 29.0 Å². The normalized spacial score (nSPS) is 18.2. The molecule has 0 spiro atoms. The number of carbonyl (C=O) groups is 1. The average molecular weight is 378 g/mol. The van der Waals surface area contributed by atoms with Crippen molar-refractivity contribution in [3.05, 3.63) is 47.4 Å². The van der Waals surface area contributed by atoms with E-state index in [1.807, 2.05) is 40.6 Å². The predicted molar refractivity (Wildman–Crippen MR) is 105 cm³/mol. The highest BCUT2D eigenvalue weighted by Crippen LogP contribution is 2.29. The van der Waals surface area contributed by atoms with Gasteiger partial charge in [0.25, 0.3) is 5.91 Å². The highest BCUT2D eigenvalue weighted by atomic mass is 16.2. The second-order valence-electron chi connectivity index (χ2n) is 7.98. The molecule has 0 aliphatic carbocycles. The van der Waals surface area contributed by atoms with Crippen LogP contribution in [0.25, 0.3) is 5.65 Å². The summed E-state index contributed by atoms with van der Waals surface area (Å²) in [5, 5.41) is 8.98. The van der Waals surface area contributed by atoms with E-state index in [0.717, 1.165) is 61.9 Å². The van der Waals surface area contributed by atoms with Gasteiger partial charge in [0.05, 0.1) is 5.69 Å². The molecule has 5 heterocycles. The van der Waals surface area contributed by atoms with Crippen molar-refractivity contribution in [2.45, 2.75) is 57.9 Å². The highest BCUT2D eigenvalue weighted by Gasteiger charge is 2.30. The first-order valence-electron chi connectivity index (χ1n) is 10.4. The van der Waals surface area contributed by atoms with Gasteiger partial charge in [0.1, 0.15) is 23.0 Å². The molecule has 0 aromatic carbocycles. The van der Waals surface area contributed by atoms with Gasteiger partial charge in [0.15, 0.2) is 0 Å². The summed E-state index contributed by atoms with van der Waals surface area (Å²) < 4.78 is 4.33. The summed E-state index contributed by atoms with van der Waals surface area (Å²) in [5.41, 5.74) is 2.30. The zero-order chi connectivity index (χ0) is 19.1. The summed E-state index contributed by atoms with van der Waals surface area (Å²) in [5.74, 6) is 2.71. The van der Waals surface area contributed by atoms with Gasteiger partial charge in [-0.25, -0.2) is 4.98 Å². The standard InChI is InChI=1S/C21H26N6O/c1-15-19(22-17-7-4-6-11-26(15)17)21(28)25-13-9-16(10-14-25)20-24-23-18-8-3-2-5-12-27(18)20/h4,6-7,11,16H,2-3,5,8-10,12-14H2,1H3. The van der Waals surface area contributed by atoms with Gasteiger partial charge in [-0.3, -0.25) is 4.79 Å². The van der Waals surface area contributed by atoms with Crippen molar-refractivity contribution in [2.24, 2.45) is 0 Å². The molecule has 0 unspecified atom stereocenters. The molecule has 7 nitrogen and oxygen atoms in total. The average Bonchev–Trinajstić information content (AvgIpc) is 3.20. The van der Waals surface area contributed by atoms with E-state index in [-0.39, 0.29) is 5.91 Å². The molecule has 5 rings (SSSR count). The molecule has 3 aromatic heterocycles. The van der Waals surface area contributed by atoms with Gasteiger partial charge in [0, 0.05) is 38.2 Å². The number of aryl methyl sites for hydroxylation is 2. The number of amides is 1. The first-order chi connectivity index (χ1) is 13.7. The Bertz CT molecular complexity index is 1010. The second kappa shape index (κ2) is 7.04. The number of hydrogen-bond acceptors (Lipinski definition) is 4. The van der Waals surface area contributed by atoms with E-state index in [2.05, 4.69) is 19.7 Å². The van der Waals surface area contributed by atoms with E-state index < -0.39 is 0 Å². The van der Waals surface area contributed by atoms with E-state index >= 15 is 0 Å². The molecule has 0 radical (unpaired) electrons. The van der Waals surface area contributed by atoms with Gasteiger partial charge in [-0.15, -0.1) is 10.2 Å². The van der Waals surface area contributed by atoms with Crippen molar-refractivity contribution in [1.29, 1.82) is 0 Å². The summed E-state index contributed by atoms with van der Waals surface area (Å²) in [6, 6.07) is 5.85. The van der Waals surface area contributed by atoms with E-state index in [1.54, 1.807) is 0 Å². The molecule has 1 amide bonds. The number of imidazole rings is 1. The van der Waals surface area contributed by atoms with Gasteiger partial charge in [-0.05, 0) is 44.7 Å². The highest BCUT2D eigenvalue weighted by molar-refractivity contribution is 5.94. The van der Waals surface area contributed by atoms with Gasteiger partial charge >= 0.3 is 0 Å². The van der Waals surface area contributed by atoms with E-state index in [4.69, 9.17) is 0 Å². The summed E-state index contributed by atoms with van der Waals surface area (Å²) in [7, 11) is 0. The van der Waals surface area contributed by atoms with Crippen LogP contribution in [-0.4, -0.2) is 48.0 Å². The fraction of sp³-hybridized carbons (Fsp3) is 0.524. The molecule has 28 heavy (non-hydrogen) atoms. The van der Waals surface area contributed by atoms with Crippen molar-refractivity contribution in [3.63, 3.8) is 0 Å². The van der Waals surface area contributed by atoms with E-state index in [0.29, 0.717) is 11.6 Å².